The Bertz CT molecular complexity index is 651. The molecule has 0 fully saturated rings. The van der Waals surface area contributed by atoms with E-state index in [-0.39, 0.29) is 0 Å². The van der Waals surface area contributed by atoms with E-state index >= 15 is 0 Å². The molecule has 130 valence electrons. The van der Waals surface area contributed by atoms with Gasteiger partial charge in [0.15, 0.2) is 0 Å². The molecule has 0 spiro atoms. The maximum Gasteiger partial charge on any atom is 0.150 e. The highest BCUT2D eigenvalue weighted by Gasteiger charge is 2.40. The van der Waals surface area contributed by atoms with E-state index in [4.69, 9.17) is 11.1 Å². The topological polar surface area (TPSA) is 82.2 Å². The van der Waals surface area contributed by atoms with Crippen LogP contribution in [0.4, 0.5) is 5.69 Å². The summed E-state index contributed by atoms with van der Waals surface area (Å²) in [7, 11) is 1.97. The summed E-state index contributed by atoms with van der Waals surface area (Å²) >= 11 is 0. The molecule has 1 heterocycles. The minimum Gasteiger partial charge on any atom is -0.398 e. The number of rotatable bonds is 7. The predicted molar refractivity (Wildman–Crippen MR) is 101 cm³/mol. The summed E-state index contributed by atoms with van der Waals surface area (Å²) in [6.45, 7) is 7.41. The number of fused-ring (bicyclic) bond motifs is 1. The van der Waals surface area contributed by atoms with E-state index in [1.807, 2.05) is 19.2 Å². The minimum atomic E-state index is 0.312. The van der Waals surface area contributed by atoms with Crippen LogP contribution in [-0.2, 0) is 0 Å². The molecule has 5 nitrogen and oxygen atoms in total. The number of anilines is 1. The Balaban J connectivity index is 2.75. The van der Waals surface area contributed by atoms with Gasteiger partial charge >= 0.3 is 0 Å². The fourth-order valence-corrected chi connectivity index (χ4v) is 3.87. The molecule has 0 aliphatic carbocycles. The molecule has 24 heavy (non-hydrogen) atoms. The van der Waals surface area contributed by atoms with Crippen molar-refractivity contribution in [2.75, 3.05) is 18.5 Å². The molecule has 0 saturated carbocycles. The van der Waals surface area contributed by atoms with Gasteiger partial charge in [0.2, 0.25) is 0 Å². The molecule has 0 aromatic heterocycles. The van der Waals surface area contributed by atoms with Crippen LogP contribution >= 0.6 is 0 Å². The Morgan fingerprint density at radius 3 is 2.67 bits per heavy atom. The normalized spacial score (nSPS) is 20.4. The lowest BCUT2D eigenvalue weighted by Gasteiger charge is -2.34. The van der Waals surface area contributed by atoms with E-state index in [0.29, 0.717) is 29.3 Å². The van der Waals surface area contributed by atoms with Crippen LogP contribution in [-0.4, -0.2) is 38.2 Å². The molecular formula is C19H28N4O. The van der Waals surface area contributed by atoms with Crippen molar-refractivity contribution in [3.05, 3.63) is 34.9 Å². The number of benzene rings is 1. The van der Waals surface area contributed by atoms with Gasteiger partial charge in [-0.2, -0.15) is 0 Å². The van der Waals surface area contributed by atoms with Gasteiger partial charge in [0.25, 0.3) is 0 Å². The minimum absolute atomic E-state index is 0.312. The third-order valence-electron chi connectivity index (χ3n) is 4.76. The third-order valence-corrected chi connectivity index (χ3v) is 4.76. The molecule has 1 aliphatic rings. The van der Waals surface area contributed by atoms with Crippen molar-refractivity contribution < 1.29 is 4.79 Å². The highest BCUT2D eigenvalue weighted by Crippen LogP contribution is 2.47. The molecule has 0 saturated heterocycles. The first-order valence-corrected chi connectivity index (χ1v) is 8.52. The molecule has 2 rings (SSSR count). The van der Waals surface area contributed by atoms with Crippen molar-refractivity contribution in [1.29, 1.82) is 5.41 Å². The second-order valence-electron chi connectivity index (χ2n) is 6.55. The van der Waals surface area contributed by atoms with Crippen molar-refractivity contribution in [2.45, 2.75) is 45.2 Å². The van der Waals surface area contributed by atoms with Gasteiger partial charge in [0.1, 0.15) is 6.29 Å². The number of likely N-dealkylation sites (N-methyl/N-ethyl adjacent to an activating group) is 1. The van der Waals surface area contributed by atoms with E-state index in [9.17, 15) is 4.79 Å². The number of carbonyl (C=O) groups is 1. The van der Waals surface area contributed by atoms with Crippen molar-refractivity contribution >= 4 is 23.9 Å². The van der Waals surface area contributed by atoms with Gasteiger partial charge in [-0.15, -0.1) is 0 Å². The second kappa shape index (κ2) is 7.62. The number of allylic oxidation sites excluding steroid dienone is 1. The van der Waals surface area contributed by atoms with Crippen molar-refractivity contribution in [3.8, 4) is 0 Å². The van der Waals surface area contributed by atoms with Crippen LogP contribution < -0.4 is 16.0 Å². The van der Waals surface area contributed by atoms with Crippen LogP contribution in [0.15, 0.2) is 18.2 Å². The Labute approximate surface area is 144 Å². The van der Waals surface area contributed by atoms with Crippen LogP contribution in [0.2, 0.25) is 0 Å². The van der Waals surface area contributed by atoms with Gasteiger partial charge in [-0.1, -0.05) is 6.92 Å². The predicted octanol–water partition coefficient (Wildman–Crippen LogP) is 2.76. The van der Waals surface area contributed by atoms with Crippen molar-refractivity contribution in [2.24, 2.45) is 5.73 Å². The SMILES string of the molecule is CCC1c2cc(C=O)cc(/C(N)=C/C=N)c2N(C(C)C)C1CNC. The lowest BCUT2D eigenvalue weighted by Crippen LogP contribution is -2.45. The van der Waals surface area contributed by atoms with Crippen LogP contribution in [0.1, 0.15) is 54.6 Å². The van der Waals surface area contributed by atoms with E-state index in [2.05, 4.69) is 31.0 Å². The second-order valence-corrected chi connectivity index (χ2v) is 6.55. The first-order chi connectivity index (χ1) is 11.5. The van der Waals surface area contributed by atoms with E-state index in [1.165, 1.54) is 11.8 Å². The summed E-state index contributed by atoms with van der Waals surface area (Å²) < 4.78 is 0. The molecule has 1 aromatic rings. The maximum atomic E-state index is 11.4. The molecule has 4 N–H and O–H groups in total. The van der Waals surface area contributed by atoms with Crippen LogP contribution in [0.5, 0.6) is 0 Å². The first kappa shape index (κ1) is 18.2. The zero-order chi connectivity index (χ0) is 17.9. The van der Waals surface area contributed by atoms with Crippen LogP contribution in [0.3, 0.4) is 0 Å². The van der Waals surface area contributed by atoms with E-state index < -0.39 is 0 Å². The maximum absolute atomic E-state index is 11.4. The number of aldehydes is 1. The average molecular weight is 328 g/mol. The Hall–Kier alpha value is -2.14. The van der Waals surface area contributed by atoms with Gasteiger partial charge in [0.05, 0.1) is 5.69 Å². The highest BCUT2D eigenvalue weighted by atomic mass is 16.1. The molecule has 5 heteroatoms. The van der Waals surface area contributed by atoms with Crippen molar-refractivity contribution in [1.82, 2.24) is 5.32 Å². The molecule has 1 aliphatic heterocycles. The molecule has 0 amide bonds. The largest absolute Gasteiger partial charge is 0.398 e. The Morgan fingerprint density at radius 1 is 1.46 bits per heavy atom. The summed E-state index contributed by atoms with van der Waals surface area (Å²) in [6, 6.07) is 4.48. The molecule has 0 bridgehead atoms. The number of carbonyl (C=O) groups excluding carboxylic acids is 1. The summed E-state index contributed by atoms with van der Waals surface area (Å²) in [5.74, 6) is 0.348. The monoisotopic (exact) mass is 328 g/mol. The Kier molecular flexibility index (Phi) is 5.78. The molecular weight excluding hydrogens is 300 g/mol. The lowest BCUT2D eigenvalue weighted by atomic mass is 9.90. The summed E-state index contributed by atoms with van der Waals surface area (Å²) in [4.78, 5) is 13.8. The quantitative estimate of drug-likeness (QED) is 0.531. The van der Waals surface area contributed by atoms with Crippen molar-refractivity contribution in [3.63, 3.8) is 0 Å². The number of nitrogens with two attached hydrogens (primary N) is 1. The lowest BCUT2D eigenvalue weighted by molar-refractivity contribution is 0.112. The fraction of sp³-hybridized carbons (Fsp3) is 0.474. The summed E-state index contributed by atoms with van der Waals surface area (Å²) in [5.41, 5.74) is 10.5. The number of hydrogen-bond acceptors (Lipinski definition) is 5. The van der Waals surface area contributed by atoms with E-state index in [1.54, 1.807) is 6.08 Å². The standard InChI is InChI=1S/C19H28N4O/c1-5-14-15-8-13(11-24)9-16(17(21)6-7-20)19(15)23(12(2)3)18(14)10-22-4/h6-9,11-12,14,18,20,22H,5,10,21H2,1-4H3/b17-6-,20-7?. The molecule has 1 aromatic carbocycles. The smallest absolute Gasteiger partial charge is 0.150 e. The number of hydrogen-bond donors (Lipinski definition) is 3. The average Bonchev–Trinajstić information content (AvgIpc) is 2.87. The van der Waals surface area contributed by atoms with Gasteiger partial charge in [-0.05, 0) is 51.1 Å². The number of nitrogens with one attached hydrogen (secondary N) is 2. The summed E-state index contributed by atoms with van der Waals surface area (Å²) in [5, 5.41) is 10.6. The fourth-order valence-electron chi connectivity index (χ4n) is 3.87. The van der Waals surface area contributed by atoms with Gasteiger partial charge in [-0.25, -0.2) is 0 Å². The molecule has 0 radical (unpaired) electrons. The summed E-state index contributed by atoms with van der Waals surface area (Å²) in [6.07, 6.45) is 4.64. The Morgan fingerprint density at radius 2 is 2.17 bits per heavy atom. The van der Waals surface area contributed by atoms with Crippen LogP contribution in [0.25, 0.3) is 5.70 Å². The third kappa shape index (κ3) is 3.08. The zero-order valence-corrected chi connectivity index (χ0v) is 15.0. The first-order valence-electron chi connectivity index (χ1n) is 8.52. The van der Waals surface area contributed by atoms with E-state index in [0.717, 1.165) is 30.5 Å². The molecule has 2 atom stereocenters. The highest BCUT2D eigenvalue weighted by molar-refractivity contribution is 5.91. The van der Waals surface area contributed by atoms with Gasteiger partial charge in [0, 0.05) is 47.6 Å². The van der Waals surface area contributed by atoms with Crippen LogP contribution in [0, 0.1) is 5.41 Å². The van der Waals surface area contributed by atoms with Gasteiger partial charge in [-0.3, -0.25) is 4.79 Å². The zero-order valence-electron chi connectivity index (χ0n) is 15.0. The van der Waals surface area contributed by atoms with Gasteiger partial charge < -0.3 is 21.4 Å². The number of nitrogens with zero attached hydrogens (tertiary/aromatic N) is 1. The molecule has 2 unspecified atom stereocenters.